The summed E-state index contributed by atoms with van der Waals surface area (Å²) in [6.45, 7) is 0.326. The number of nitrogens with one attached hydrogen (secondary N) is 1. The van der Waals surface area contributed by atoms with Crippen molar-refractivity contribution in [2.45, 2.75) is 13.2 Å². The number of anilines is 1. The number of amides is 4. The van der Waals surface area contributed by atoms with Crippen LogP contribution in [-0.4, -0.2) is 22.8 Å². The van der Waals surface area contributed by atoms with E-state index in [1.807, 2.05) is 12.1 Å². The molecule has 43 heavy (non-hydrogen) atoms. The van der Waals surface area contributed by atoms with Crippen molar-refractivity contribution in [1.29, 1.82) is 0 Å². The summed E-state index contributed by atoms with van der Waals surface area (Å²) in [5.41, 5.74) is 1.80. The molecule has 0 bridgehead atoms. The third-order valence-corrected chi connectivity index (χ3v) is 6.85. The molecule has 4 aromatic rings. The number of imide groups is 2. The van der Waals surface area contributed by atoms with Gasteiger partial charge in [-0.3, -0.25) is 25.0 Å². The van der Waals surface area contributed by atoms with Gasteiger partial charge < -0.3 is 9.47 Å². The van der Waals surface area contributed by atoms with Crippen LogP contribution in [-0.2, 0) is 22.8 Å². The Morgan fingerprint density at radius 2 is 1.56 bits per heavy atom. The zero-order valence-corrected chi connectivity index (χ0v) is 23.7. The molecule has 1 aliphatic heterocycles. The molecule has 216 valence electrons. The number of carbonyl (C=O) groups excluding carboxylic acids is 3. The van der Waals surface area contributed by atoms with E-state index in [0.717, 1.165) is 10.5 Å². The first kappa shape index (κ1) is 29.3. The van der Waals surface area contributed by atoms with E-state index >= 15 is 0 Å². The number of halogens is 2. The van der Waals surface area contributed by atoms with Crippen LogP contribution in [0.4, 0.5) is 16.2 Å². The Balaban J connectivity index is 1.28. The lowest BCUT2D eigenvalue weighted by Gasteiger charge is -2.26. The van der Waals surface area contributed by atoms with Crippen molar-refractivity contribution < 1.29 is 28.8 Å². The predicted octanol–water partition coefficient (Wildman–Crippen LogP) is 6.73. The van der Waals surface area contributed by atoms with Crippen LogP contribution >= 0.6 is 23.2 Å². The second-order valence-electron chi connectivity index (χ2n) is 9.27. The molecule has 1 N–H and O–H groups in total. The minimum absolute atomic E-state index is 0.0325. The Hall–Kier alpha value is -5.19. The van der Waals surface area contributed by atoms with Crippen molar-refractivity contribution >= 4 is 58.5 Å². The molecule has 0 aliphatic carbocycles. The second kappa shape index (κ2) is 12.8. The van der Waals surface area contributed by atoms with Crippen LogP contribution in [0.2, 0.25) is 10.0 Å². The number of benzene rings is 4. The summed E-state index contributed by atoms with van der Waals surface area (Å²) in [5.74, 6) is -0.857. The number of rotatable bonds is 9. The number of hydrogen-bond donors (Lipinski definition) is 1. The van der Waals surface area contributed by atoms with Gasteiger partial charge in [0.25, 0.3) is 17.5 Å². The quantitative estimate of drug-likeness (QED) is 0.0954. The number of non-ortho nitro benzene ring substituents is 1. The van der Waals surface area contributed by atoms with Crippen molar-refractivity contribution in [3.05, 3.63) is 133 Å². The van der Waals surface area contributed by atoms with Crippen LogP contribution in [0.1, 0.15) is 16.7 Å². The zero-order chi connectivity index (χ0) is 30.5. The van der Waals surface area contributed by atoms with E-state index in [-0.39, 0.29) is 28.6 Å². The van der Waals surface area contributed by atoms with E-state index < -0.39 is 22.8 Å². The van der Waals surface area contributed by atoms with Crippen molar-refractivity contribution in [2.24, 2.45) is 0 Å². The molecular weight excluding hydrogens is 597 g/mol. The highest BCUT2D eigenvalue weighted by Crippen LogP contribution is 2.29. The average molecular weight is 618 g/mol. The molecule has 1 fully saturated rings. The summed E-state index contributed by atoms with van der Waals surface area (Å²) in [6, 6.07) is 23.2. The molecule has 4 amide bonds. The van der Waals surface area contributed by atoms with Crippen LogP contribution in [0.25, 0.3) is 6.08 Å². The van der Waals surface area contributed by atoms with Gasteiger partial charge >= 0.3 is 6.03 Å². The van der Waals surface area contributed by atoms with E-state index in [0.29, 0.717) is 34.3 Å². The predicted molar refractivity (Wildman–Crippen MR) is 160 cm³/mol. The molecule has 0 spiro atoms. The normalized spacial score (nSPS) is 14.0. The first-order valence-electron chi connectivity index (χ1n) is 12.7. The molecular formula is C31H21Cl2N3O7. The summed E-state index contributed by atoms with van der Waals surface area (Å²) in [4.78, 5) is 49.9. The van der Waals surface area contributed by atoms with Crippen LogP contribution in [0, 0.1) is 10.1 Å². The lowest BCUT2D eigenvalue weighted by Crippen LogP contribution is -2.54. The molecule has 0 unspecified atom stereocenters. The molecule has 0 atom stereocenters. The first-order valence-corrected chi connectivity index (χ1v) is 13.5. The SMILES string of the molecule is O=C1NC(=O)N(c2ccc(OCc3ccc(Cl)cc3)cc2)C(=O)/C1=C/c1ccc(OCc2cccc([N+](=O)[O-])c2)c(Cl)c1. The van der Waals surface area contributed by atoms with E-state index in [2.05, 4.69) is 5.32 Å². The number of carbonyl (C=O) groups is 3. The molecule has 12 heteroatoms. The Labute approximate surface area is 255 Å². The number of nitro benzene ring substituents is 1. The summed E-state index contributed by atoms with van der Waals surface area (Å²) in [7, 11) is 0. The van der Waals surface area contributed by atoms with Gasteiger partial charge in [-0.05, 0) is 71.3 Å². The first-order chi connectivity index (χ1) is 20.7. The highest BCUT2D eigenvalue weighted by molar-refractivity contribution is 6.39. The van der Waals surface area contributed by atoms with E-state index in [4.69, 9.17) is 32.7 Å². The van der Waals surface area contributed by atoms with Gasteiger partial charge in [-0.1, -0.05) is 53.5 Å². The summed E-state index contributed by atoms with van der Waals surface area (Å²) in [5, 5.41) is 14.0. The fourth-order valence-electron chi connectivity index (χ4n) is 4.14. The molecule has 1 saturated heterocycles. The van der Waals surface area contributed by atoms with Crippen molar-refractivity contribution in [2.75, 3.05) is 4.90 Å². The zero-order valence-electron chi connectivity index (χ0n) is 22.2. The van der Waals surface area contributed by atoms with Crippen LogP contribution in [0.3, 0.4) is 0 Å². The molecule has 0 saturated carbocycles. The Morgan fingerprint density at radius 1 is 0.837 bits per heavy atom. The number of nitrogens with zero attached hydrogens (tertiary/aromatic N) is 2. The second-order valence-corrected chi connectivity index (χ2v) is 10.1. The maximum absolute atomic E-state index is 13.3. The maximum Gasteiger partial charge on any atom is 0.335 e. The number of barbiturate groups is 1. The van der Waals surface area contributed by atoms with Gasteiger partial charge in [-0.15, -0.1) is 0 Å². The summed E-state index contributed by atoms with van der Waals surface area (Å²) >= 11 is 12.3. The third kappa shape index (κ3) is 7.00. The standard InChI is InChI=1S/C31H21Cl2N3O7/c32-22-7-4-19(5-8-22)17-42-25-11-9-23(10-12-25)35-30(38)26(29(37)34-31(35)39)15-20-6-13-28(27(33)16-20)43-18-21-2-1-3-24(14-21)36(40)41/h1-16H,17-18H2,(H,34,37,39)/b26-15+. The summed E-state index contributed by atoms with van der Waals surface area (Å²) in [6.07, 6.45) is 1.32. The van der Waals surface area contributed by atoms with E-state index in [9.17, 15) is 24.5 Å². The Kier molecular flexibility index (Phi) is 8.70. The molecule has 5 rings (SSSR count). The van der Waals surface area contributed by atoms with Crippen molar-refractivity contribution in [1.82, 2.24) is 5.32 Å². The van der Waals surface area contributed by atoms with Gasteiger partial charge in [0.2, 0.25) is 0 Å². The molecule has 10 nitrogen and oxygen atoms in total. The number of urea groups is 1. The molecule has 1 aliphatic rings. The lowest BCUT2D eigenvalue weighted by molar-refractivity contribution is -0.384. The smallest absolute Gasteiger partial charge is 0.335 e. The van der Waals surface area contributed by atoms with Crippen molar-refractivity contribution in [3.8, 4) is 11.5 Å². The van der Waals surface area contributed by atoms with E-state index in [1.165, 1.54) is 36.4 Å². The lowest BCUT2D eigenvalue weighted by atomic mass is 10.1. The molecule has 0 radical (unpaired) electrons. The van der Waals surface area contributed by atoms with Crippen molar-refractivity contribution in [3.63, 3.8) is 0 Å². The third-order valence-electron chi connectivity index (χ3n) is 6.30. The largest absolute Gasteiger partial charge is 0.489 e. The van der Waals surface area contributed by atoms with E-state index in [1.54, 1.807) is 48.5 Å². The van der Waals surface area contributed by atoms with Crippen LogP contribution in [0.5, 0.6) is 11.5 Å². The van der Waals surface area contributed by atoms with Crippen LogP contribution in [0.15, 0.2) is 96.6 Å². The minimum Gasteiger partial charge on any atom is -0.489 e. The highest BCUT2D eigenvalue weighted by atomic mass is 35.5. The molecule has 4 aromatic carbocycles. The van der Waals surface area contributed by atoms with Gasteiger partial charge in [-0.25, -0.2) is 9.69 Å². The monoisotopic (exact) mass is 617 g/mol. The number of nitro groups is 1. The van der Waals surface area contributed by atoms with Gasteiger partial charge in [0.1, 0.15) is 30.3 Å². The van der Waals surface area contributed by atoms with Gasteiger partial charge in [0.05, 0.1) is 15.6 Å². The fraction of sp³-hybridized carbons (Fsp3) is 0.0645. The van der Waals surface area contributed by atoms with Gasteiger partial charge in [0, 0.05) is 17.2 Å². The minimum atomic E-state index is -0.884. The number of hydrogen-bond acceptors (Lipinski definition) is 7. The topological polar surface area (TPSA) is 128 Å². The molecule has 0 aromatic heterocycles. The van der Waals surface area contributed by atoms with Gasteiger partial charge in [0.15, 0.2) is 0 Å². The van der Waals surface area contributed by atoms with Crippen LogP contribution < -0.4 is 19.7 Å². The summed E-state index contributed by atoms with van der Waals surface area (Å²) < 4.78 is 11.5. The Bertz CT molecular complexity index is 1760. The molecule has 1 heterocycles. The fourth-order valence-corrected chi connectivity index (χ4v) is 4.51. The van der Waals surface area contributed by atoms with Gasteiger partial charge in [-0.2, -0.15) is 0 Å². The average Bonchev–Trinajstić information content (AvgIpc) is 2.99. The Morgan fingerprint density at radius 3 is 2.26 bits per heavy atom. The number of ether oxygens (including phenoxy) is 2. The maximum atomic E-state index is 13.3. The highest BCUT2D eigenvalue weighted by Gasteiger charge is 2.36.